The first-order valence-electron chi connectivity index (χ1n) is 8.73. The van der Waals surface area contributed by atoms with Gasteiger partial charge in [0.2, 0.25) is 11.8 Å². The zero-order chi connectivity index (χ0) is 18.2. The third kappa shape index (κ3) is 5.70. The van der Waals surface area contributed by atoms with E-state index in [2.05, 4.69) is 15.5 Å². The van der Waals surface area contributed by atoms with E-state index in [0.717, 1.165) is 36.5 Å². The highest BCUT2D eigenvalue weighted by Gasteiger charge is 2.14. The third-order valence-corrected chi connectivity index (χ3v) is 4.79. The Hall–Kier alpha value is -2.15. The van der Waals surface area contributed by atoms with Crippen LogP contribution in [0.4, 0.5) is 5.82 Å². The molecule has 0 aliphatic rings. The summed E-state index contributed by atoms with van der Waals surface area (Å²) < 4.78 is 0. The number of H-pyrrole nitrogens is 1. The lowest BCUT2D eigenvalue weighted by Gasteiger charge is -2.21. The van der Waals surface area contributed by atoms with E-state index in [9.17, 15) is 9.59 Å². The normalized spacial score (nSPS) is 10.7. The van der Waals surface area contributed by atoms with Crippen molar-refractivity contribution in [2.75, 3.05) is 18.4 Å². The molecule has 7 heteroatoms. The fourth-order valence-corrected chi connectivity index (χ4v) is 3.41. The summed E-state index contributed by atoms with van der Waals surface area (Å²) in [6, 6.07) is 5.88. The molecule has 2 amide bonds. The summed E-state index contributed by atoms with van der Waals surface area (Å²) in [5.74, 6) is 0.329. The van der Waals surface area contributed by atoms with Crippen molar-refractivity contribution >= 4 is 29.0 Å². The van der Waals surface area contributed by atoms with Gasteiger partial charge in [-0.1, -0.05) is 13.8 Å². The van der Waals surface area contributed by atoms with Gasteiger partial charge in [0.05, 0.1) is 10.6 Å². The van der Waals surface area contributed by atoms with Gasteiger partial charge in [-0.05, 0) is 31.9 Å². The quantitative estimate of drug-likeness (QED) is 0.712. The molecule has 0 spiro atoms. The van der Waals surface area contributed by atoms with Crippen molar-refractivity contribution in [3.05, 3.63) is 23.1 Å². The van der Waals surface area contributed by atoms with E-state index in [1.165, 1.54) is 4.88 Å². The predicted molar refractivity (Wildman–Crippen MR) is 102 cm³/mol. The maximum atomic E-state index is 12.2. The van der Waals surface area contributed by atoms with Gasteiger partial charge in [-0.3, -0.25) is 14.7 Å². The number of anilines is 1. The fourth-order valence-electron chi connectivity index (χ4n) is 2.58. The average Bonchev–Trinajstić information content (AvgIpc) is 3.21. The van der Waals surface area contributed by atoms with Crippen molar-refractivity contribution in [3.8, 4) is 10.6 Å². The second-order valence-electron chi connectivity index (χ2n) is 6.01. The van der Waals surface area contributed by atoms with Gasteiger partial charge in [0.25, 0.3) is 0 Å². The van der Waals surface area contributed by atoms with E-state index in [4.69, 9.17) is 0 Å². The molecule has 136 valence electrons. The number of amides is 2. The molecule has 0 fully saturated rings. The van der Waals surface area contributed by atoms with Gasteiger partial charge in [0.15, 0.2) is 5.82 Å². The van der Waals surface area contributed by atoms with Crippen LogP contribution in [0, 0.1) is 6.92 Å². The first kappa shape index (κ1) is 19.2. The Balaban J connectivity index is 1.84. The Morgan fingerprint density at radius 1 is 1.20 bits per heavy atom. The molecule has 2 aromatic rings. The number of hydrogen-bond donors (Lipinski definition) is 2. The van der Waals surface area contributed by atoms with Crippen molar-refractivity contribution in [3.63, 3.8) is 0 Å². The average molecular weight is 362 g/mol. The van der Waals surface area contributed by atoms with Gasteiger partial charge in [-0.25, -0.2) is 0 Å². The smallest absolute Gasteiger partial charge is 0.226 e. The number of aromatic nitrogens is 2. The van der Waals surface area contributed by atoms with Crippen molar-refractivity contribution in [1.82, 2.24) is 15.1 Å². The highest BCUT2D eigenvalue weighted by molar-refractivity contribution is 7.15. The molecule has 0 aliphatic heterocycles. The largest absolute Gasteiger partial charge is 0.343 e. The number of nitrogens with zero attached hydrogens (tertiary/aromatic N) is 2. The van der Waals surface area contributed by atoms with Crippen LogP contribution in [0.15, 0.2) is 18.2 Å². The molecule has 2 aromatic heterocycles. The first-order chi connectivity index (χ1) is 12.0. The number of carbonyl (C=O) groups excluding carboxylic acids is 2. The number of thiophene rings is 1. The number of rotatable bonds is 9. The van der Waals surface area contributed by atoms with Crippen LogP contribution in [-0.4, -0.2) is 40.0 Å². The van der Waals surface area contributed by atoms with Crippen LogP contribution in [0.5, 0.6) is 0 Å². The summed E-state index contributed by atoms with van der Waals surface area (Å²) in [6.07, 6.45) is 2.25. The van der Waals surface area contributed by atoms with Gasteiger partial charge in [0.1, 0.15) is 0 Å². The van der Waals surface area contributed by atoms with Crippen LogP contribution in [0.2, 0.25) is 0 Å². The third-order valence-electron chi connectivity index (χ3n) is 3.76. The van der Waals surface area contributed by atoms with E-state index in [-0.39, 0.29) is 24.7 Å². The maximum absolute atomic E-state index is 12.2. The highest BCUT2D eigenvalue weighted by atomic mass is 32.1. The van der Waals surface area contributed by atoms with Gasteiger partial charge in [-0.2, -0.15) is 5.10 Å². The van der Waals surface area contributed by atoms with E-state index < -0.39 is 0 Å². The topological polar surface area (TPSA) is 78.1 Å². The summed E-state index contributed by atoms with van der Waals surface area (Å²) in [7, 11) is 0. The molecule has 2 heterocycles. The van der Waals surface area contributed by atoms with E-state index in [1.54, 1.807) is 11.3 Å². The first-order valence-corrected chi connectivity index (χ1v) is 9.55. The van der Waals surface area contributed by atoms with Gasteiger partial charge < -0.3 is 10.2 Å². The Morgan fingerprint density at radius 2 is 1.92 bits per heavy atom. The van der Waals surface area contributed by atoms with Crippen LogP contribution in [-0.2, 0) is 9.59 Å². The molecule has 0 saturated carbocycles. The van der Waals surface area contributed by atoms with Crippen LogP contribution in [0.3, 0.4) is 0 Å². The van der Waals surface area contributed by atoms with Crippen molar-refractivity contribution in [2.24, 2.45) is 0 Å². The van der Waals surface area contributed by atoms with Crippen LogP contribution in [0.25, 0.3) is 10.6 Å². The van der Waals surface area contributed by atoms with Gasteiger partial charge in [-0.15, -0.1) is 11.3 Å². The monoisotopic (exact) mass is 362 g/mol. The van der Waals surface area contributed by atoms with E-state index in [0.29, 0.717) is 5.82 Å². The van der Waals surface area contributed by atoms with Crippen molar-refractivity contribution < 1.29 is 9.59 Å². The van der Waals surface area contributed by atoms with Crippen LogP contribution >= 0.6 is 11.3 Å². The lowest BCUT2D eigenvalue weighted by molar-refractivity contribution is -0.133. The zero-order valence-electron chi connectivity index (χ0n) is 15.1. The summed E-state index contributed by atoms with van der Waals surface area (Å²) in [5.41, 5.74) is 0.876. The molecule has 2 rings (SSSR count). The minimum absolute atomic E-state index is 0.0376. The number of carbonyl (C=O) groups is 2. The number of hydrogen-bond acceptors (Lipinski definition) is 4. The number of nitrogens with one attached hydrogen (secondary N) is 2. The van der Waals surface area contributed by atoms with E-state index in [1.807, 2.05) is 43.9 Å². The Kier molecular flexibility index (Phi) is 7.18. The summed E-state index contributed by atoms with van der Waals surface area (Å²) in [5, 5.41) is 9.79. The maximum Gasteiger partial charge on any atom is 0.226 e. The summed E-state index contributed by atoms with van der Waals surface area (Å²) in [4.78, 5) is 28.4. The lowest BCUT2D eigenvalue weighted by Crippen LogP contribution is -2.33. The van der Waals surface area contributed by atoms with Crippen molar-refractivity contribution in [2.45, 2.75) is 46.5 Å². The molecule has 0 aliphatic carbocycles. The molecule has 0 aromatic carbocycles. The van der Waals surface area contributed by atoms with Crippen LogP contribution < -0.4 is 5.32 Å². The molecular formula is C18H26N4O2S. The molecule has 0 saturated heterocycles. The molecule has 25 heavy (non-hydrogen) atoms. The Morgan fingerprint density at radius 3 is 2.52 bits per heavy atom. The lowest BCUT2D eigenvalue weighted by atomic mass is 10.2. The van der Waals surface area contributed by atoms with Gasteiger partial charge in [0, 0.05) is 36.9 Å². The SMILES string of the molecule is CCCN(CCC)C(=O)CCC(=O)Nc1cc(-c2ccc(C)s2)[nH]n1. The molecule has 2 N–H and O–H groups in total. The summed E-state index contributed by atoms with van der Waals surface area (Å²) in [6.45, 7) is 7.64. The Bertz CT molecular complexity index is 702. The fraction of sp³-hybridized carbons (Fsp3) is 0.500. The standard InChI is InChI=1S/C18H26N4O2S/c1-4-10-22(11-5-2)18(24)9-8-17(23)19-16-12-14(20-21-16)15-7-6-13(3)25-15/h6-7,12H,4-5,8-11H2,1-3H3,(H2,19,20,21,23). The highest BCUT2D eigenvalue weighted by Crippen LogP contribution is 2.27. The summed E-state index contributed by atoms with van der Waals surface area (Å²) >= 11 is 1.67. The predicted octanol–water partition coefficient (Wildman–Crippen LogP) is 3.81. The molecule has 0 unspecified atom stereocenters. The zero-order valence-corrected chi connectivity index (χ0v) is 15.9. The molecule has 6 nitrogen and oxygen atoms in total. The second kappa shape index (κ2) is 9.36. The Labute approximate surface area is 152 Å². The number of aromatic amines is 1. The van der Waals surface area contributed by atoms with Gasteiger partial charge >= 0.3 is 0 Å². The van der Waals surface area contributed by atoms with E-state index >= 15 is 0 Å². The molecule has 0 radical (unpaired) electrons. The molecular weight excluding hydrogens is 336 g/mol. The van der Waals surface area contributed by atoms with Crippen LogP contribution in [0.1, 0.15) is 44.4 Å². The second-order valence-corrected chi connectivity index (χ2v) is 7.29. The molecule has 0 atom stereocenters. The molecule has 0 bridgehead atoms. The van der Waals surface area contributed by atoms with Crippen molar-refractivity contribution in [1.29, 1.82) is 0 Å². The minimum atomic E-state index is -0.193. The minimum Gasteiger partial charge on any atom is -0.343 e. The number of aryl methyl sites for hydroxylation is 1.